The topological polar surface area (TPSA) is 29.3 Å². The van der Waals surface area contributed by atoms with Gasteiger partial charge in [-0.3, -0.25) is 0 Å². The predicted octanol–water partition coefficient (Wildman–Crippen LogP) is 1.41. The Morgan fingerprint density at radius 3 is 2.69 bits per heavy atom. The van der Waals surface area contributed by atoms with E-state index in [0.29, 0.717) is 6.04 Å². The van der Waals surface area contributed by atoms with Gasteiger partial charge in [0.05, 0.1) is 0 Å². The van der Waals surface area contributed by atoms with Gasteiger partial charge < -0.3 is 10.6 Å². The van der Waals surface area contributed by atoms with Crippen LogP contribution in [-0.2, 0) is 0 Å². The second kappa shape index (κ2) is 5.89. The van der Waals surface area contributed by atoms with E-state index in [-0.39, 0.29) is 0 Å². The maximum atomic E-state index is 5.76. The lowest BCUT2D eigenvalue weighted by atomic mass is 10.2. The van der Waals surface area contributed by atoms with Gasteiger partial charge in [-0.2, -0.15) is 11.8 Å². The average Bonchev–Trinajstić information content (AvgIpc) is 2.90. The van der Waals surface area contributed by atoms with E-state index in [4.69, 9.17) is 5.73 Å². The third-order valence-electron chi connectivity index (χ3n) is 2.79. The summed E-state index contributed by atoms with van der Waals surface area (Å²) >= 11 is 1.92. The van der Waals surface area contributed by atoms with Gasteiger partial charge in [-0.15, -0.1) is 0 Å². The van der Waals surface area contributed by atoms with Crippen molar-refractivity contribution >= 4 is 11.8 Å². The second-order valence-corrected chi connectivity index (χ2v) is 5.04. The molecule has 1 aliphatic rings. The first-order chi connectivity index (χ1) is 6.27. The van der Waals surface area contributed by atoms with E-state index in [9.17, 15) is 0 Å². The summed E-state index contributed by atoms with van der Waals surface area (Å²) in [7, 11) is 2.22. The largest absolute Gasteiger partial charge is 0.329 e. The quantitative estimate of drug-likeness (QED) is 0.677. The number of nitrogens with two attached hydrogens (primary N) is 1. The summed E-state index contributed by atoms with van der Waals surface area (Å²) < 4.78 is 0. The van der Waals surface area contributed by atoms with E-state index in [2.05, 4.69) is 18.2 Å². The van der Waals surface area contributed by atoms with Crippen molar-refractivity contribution in [2.75, 3.05) is 32.1 Å². The molecule has 78 valence electrons. The van der Waals surface area contributed by atoms with Crippen LogP contribution in [-0.4, -0.2) is 43.1 Å². The molecule has 2 N–H and O–H groups in total. The van der Waals surface area contributed by atoms with Crippen LogP contribution in [0.15, 0.2) is 0 Å². The molecule has 0 aliphatic heterocycles. The molecule has 0 radical (unpaired) electrons. The van der Waals surface area contributed by atoms with E-state index < -0.39 is 0 Å². The molecule has 0 bridgehead atoms. The Kier molecular flexibility index (Phi) is 5.14. The molecule has 1 saturated carbocycles. The Balaban J connectivity index is 2.17. The fourth-order valence-electron chi connectivity index (χ4n) is 1.63. The molecular formula is C10H22N2S. The van der Waals surface area contributed by atoms with Crippen molar-refractivity contribution < 1.29 is 0 Å². The zero-order chi connectivity index (χ0) is 9.68. The third kappa shape index (κ3) is 4.34. The van der Waals surface area contributed by atoms with Crippen molar-refractivity contribution in [3.8, 4) is 0 Å². The van der Waals surface area contributed by atoms with Gasteiger partial charge in [0.25, 0.3) is 0 Å². The minimum Gasteiger partial charge on any atom is -0.329 e. The van der Waals surface area contributed by atoms with Crippen LogP contribution in [0.3, 0.4) is 0 Å². The number of hydrogen-bond acceptors (Lipinski definition) is 3. The van der Waals surface area contributed by atoms with Gasteiger partial charge in [-0.25, -0.2) is 0 Å². The van der Waals surface area contributed by atoms with Gasteiger partial charge in [0.15, 0.2) is 0 Å². The fraction of sp³-hybridized carbons (Fsp3) is 1.00. The van der Waals surface area contributed by atoms with Gasteiger partial charge in [0, 0.05) is 19.1 Å². The first-order valence-corrected chi connectivity index (χ1v) is 6.56. The minimum atomic E-state index is 0.605. The lowest BCUT2D eigenvalue weighted by Crippen LogP contribution is -2.39. The second-order valence-electron chi connectivity index (χ2n) is 4.05. The van der Waals surface area contributed by atoms with Crippen molar-refractivity contribution in [1.82, 2.24) is 4.90 Å². The number of likely N-dealkylation sites (N-methyl/N-ethyl adjacent to an activating group) is 1. The highest BCUT2D eigenvalue weighted by atomic mass is 32.2. The molecule has 0 aromatic rings. The number of hydrogen-bond donors (Lipinski definition) is 1. The molecule has 2 nitrogen and oxygen atoms in total. The molecule has 0 amide bonds. The minimum absolute atomic E-state index is 0.605. The zero-order valence-electron chi connectivity index (χ0n) is 8.83. The van der Waals surface area contributed by atoms with Crippen LogP contribution >= 0.6 is 11.8 Å². The van der Waals surface area contributed by atoms with E-state index >= 15 is 0 Å². The third-order valence-corrected chi connectivity index (χ3v) is 3.44. The number of nitrogens with zero attached hydrogens (tertiary/aromatic N) is 1. The summed E-state index contributed by atoms with van der Waals surface area (Å²) in [6.07, 6.45) is 6.27. The maximum Gasteiger partial charge on any atom is 0.0223 e. The van der Waals surface area contributed by atoms with Gasteiger partial charge in [-0.1, -0.05) is 0 Å². The van der Waals surface area contributed by atoms with E-state index in [0.717, 1.165) is 12.5 Å². The van der Waals surface area contributed by atoms with Crippen molar-refractivity contribution in [3.05, 3.63) is 0 Å². The molecule has 0 heterocycles. The van der Waals surface area contributed by atoms with Crippen molar-refractivity contribution in [3.63, 3.8) is 0 Å². The van der Waals surface area contributed by atoms with E-state index in [1.807, 2.05) is 11.8 Å². The smallest absolute Gasteiger partial charge is 0.0223 e. The molecule has 3 heteroatoms. The van der Waals surface area contributed by atoms with Gasteiger partial charge in [0.2, 0.25) is 0 Å². The molecule has 0 aromatic carbocycles. The van der Waals surface area contributed by atoms with Crippen molar-refractivity contribution in [1.29, 1.82) is 0 Å². The fourth-order valence-corrected chi connectivity index (χ4v) is 2.14. The molecule has 0 aromatic heterocycles. The lowest BCUT2D eigenvalue weighted by Gasteiger charge is -2.26. The maximum absolute atomic E-state index is 5.76. The standard InChI is InChI=1S/C10H22N2S/c1-12(8-9-3-4-9)10(7-11)5-6-13-2/h9-10H,3-8,11H2,1-2H3. The number of rotatable bonds is 7. The summed E-state index contributed by atoms with van der Waals surface area (Å²) in [6.45, 7) is 2.07. The van der Waals surface area contributed by atoms with Gasteiger partial charge in [-0.05, 0) is 44.2 Å². The Morgan fingerprint density at radius 2 is 2.23 bits per heavy atom. The summed E-state index contributed by atoms with van der Waals surface area (Å²) in [6, 6.07) is 0.605. The summed E-state index contributed by atoms with van der Waals surface area (Å²) in [5.41, 5.74) is 5.76. The highest BCUT2D eigenvalue weighted by molar-refractivity contribution is 7.98. The average molecular weight is 202 g/mol. The first kappa shape index (κ1) is 11.3. The van der Waals surface area contributed by atoms with Crippen LogP contribution in [0.2, 0.25) is 0 Å². The molecular weight excluding hydrogens is 180 g/mol. The summed E-state index contributed by atoms with van der Waals surface area (Å²) in [4.78, 5) is 2.45. The molecule has 0 saturated heterocycles. The van der Waals surface area contributed by atoms with Gasteiger partial charge >= 0.3 is 0 Å². The van der Waals surface area contributed by atoms with E-state index in [1.165, 1.54) is 31.6 Å². The molecule has 1 unspecified atom stereocenters. The molecule has 0 spiro atoms. The van der Waals surface area contributed by atoms with Crippen LogP contribution < -0.4 is 5.73 Å². The Bertz CT molecular complexity index is 137. The summed E-state index contributed by atoms with van der Waals surface area (Å²) in [5.74, 6) is 2.21. The molecule has 1 aliphatic carbocycles. The van der Waals surface area contributed by atoms with Crippen molar-refractivity contribution in [2.24, 2.45) is 11.7 Å². The van der Waals surface area contributed by atoms with Gasteiger partial charge in [0.1, 0.15) is 0 Å². The SMILES string of the molecule is CSCCC(CN)N(C)CC1CC1. The van der Waals surface area contributed by atoms with Crippen molar-refractivity contribution in [2.45, 2.75) is 25.3 Å². The summed E-state index contributed by atoms with van der Waals surface area (Å²) in [5, 5.41) is 0. The molecule has 1 fully saturated rings. The molecule has 1 atom stereocenters. The Hall–Kier alpha value is 0.270. The lowest BCUT2D eigenvalue weighted by molar-refractivity contribution is 0.233. The monoisotopic (exact) mass is 202 g/mol. The zero-order valence-corrected chi connectivity index (χ0v) is 9.65. The highest BCUT2D eigenvalue weighted by Gasteiger charge is 2.25. The molecule has 1 rings (SSSR count). The van der Waals surface area contributed by atoms with E-state index in [1.54, 1.807) is 0 Å². The predicted molar refractivity (Wildman–Crippen MR) is 61.2 cm³/mol. The molecule has 13 heavy (non-hydrogen) atoms. The Labute approximate surface area is 86.2 Å². The first-order valence-electron chi connectivity index (χ1n) is 5.17. The normalized spacial score (nSPS) is 19.4. The van der Waals surface area contributed by atoms with Crippen LogP contribution in [0, 0.1) is 5.92 Å². The Morgan fingerprint density at radius 1 is 1.54 bits per heavy atom. The van der Waals surface area contributed by atoms with Crippen LogP contribution in [0.25, 0.3) is 0 Å². The van der Waals surface area contributed by atoms with Crippen LogP contribution in [0.1, 0.15) is 19.3 Å². The highest BCUT2D eigenvalue weighted by Crippen LogP contribution is 2.29. The van der Waals surface area contributed by atoms with Crippen LogP contribution in [0.5, 0.6) is 0 Å². The number of thioether (sulfide) groups is 1. The van der Waals surface area contributed by atoms with Crippen LogP contribution in [0.4, 0.5) is 0 Å².